The van der Waals surface area contributed by atoms with Gasteiger partial charge in [-0.15, -0.1) is 0 Å². The van der Waals surface area contributed by atoms with Crippen LogP contribution < -0.4 is 0 Å². The highest BCUT2D eigenvalue weighted by molar-refractivity contribution is 5.80. The molecule has 1 aromatic heterocycles. The topological polar surface area (TPSA) is 38.0 Å². The van der Waals surface area contributed by atoms with Gasteiger partial charge in [-0.3, -0.25) is 0 Å². The summed E-state index contributed by atoms with van der Waals surface area (Å²) in [6, 6.07) is 10.3. The first kappa shape index (κ1) is 16.3. The lowest BCUT2D eigenvalue weighted by Gasteiger charge is -2.06. The van der Waals surface area contributed by atoms with E-state index in [2.05, 4.69) is 4.98 Å². The van der Waals surface area contributed by atoms with E-state index >= 15 is 0 Å². The third kappa shape index (κ3) is 3.36. The van der Waals surface area contributed by atoms with Crippen LogP contribution in [0, 0.1) is 18.6 Å². The van der Waals surface area contributed by atoms with E-state index in [4.69, 9.17) is 5.11 Å². The maximum absolute atomic E-state index is 13.6. The van der Waals surface area contributed by atoms with Crippen molar-refractivity contribution in [1.29, 1.82) is 0 Å². The van der Waals surface area contributed by atoms with Crippen molar-refractivity contribution in [2.75, 3.05) is 6.61 Å². The Bertz CT molecular complexity index is 883. The van der Waals surface area contributed by atoms with E-state index in [0.29, 0.717) is 29.8 Å². The largest absolute Gasteiger partial charge is 0.396 e. The van der Waals surface area contributed by atoms with Crippen LogP contribution >= 0.6 is 0 Å². The van der Waals surface area contributed by atoms with E-state index in [-0.39, 0.29) is 6.61 Å². The van der Waals surface area contributed by atoms with Gasteiger partial charge in [-0.1, -0.05) is 35.9 Å². The quantitative estimate of drug-likeness (QED) is 0.763. The molecule has 0 aliphatic heterocycles. The summed E-state index contributed by atoms with van der Waals surface area (Å²) in [6.45, 7) is 2.51. The Morgan fingerprint density at radius 3 is 2.50 bits per heavy atom. The number of nitrogens with zero attached hydrogens (tertiary/aromatic N) is 2. The monoisotopic (exact) mass is 328 g/mol. The second kappa shape index (κ2) is 6.93. The molecule has 0 bridgehead atoms. The second-order valence-corrected chi connectivity index (χ2v) is 5.70. The molecule has 0 aliphatic carbocycles. The predicted molar refractivity (Wildman–Crippen MR) is 91.5 cm³/mol. The zero-order valence-corrected chi connectivity index (χ0v) is 13.3. The highest BCUT2D eigenvalue weighted by atomic mass is 19.2. The molecule has 0 spiro atoms. The number of imidazole rings is 1. The summed E-state index contributed by atoms with van der Waals surface area (Å²) < 4.78 is 28.8. The van der Waals surface area contributed by atoms with Crippen LogP contribution in [0.25, 0.3) is 23.2 Å². The van der Waals surface area contributed by atoms with Gasteiger partial charge in [-0.25, -0.2) is 13.8 Å². The Morgan fingerprint density at radius 2 is 1.79 bits per heavy atom. The highest BCUT2D eigenvalue weighted by Gasteiger charge is 2.12. The Morgan fingerprint density at radius 1 is 1.08 bits per heavy atom. The van der Waals surface area contributed by atoms with Gasteiger partial charge in [-0.2, -0.15) is 0 Å². The first-order valence-corrected chi connectivity index (χ1v) is 7.79. The molecule has 3 rings (SSSR count). The van der Waals surface area contributed by atoms with Crippen molar-refractivity contribution in [2.45, 2.75) is 19.9 Å². The molecule has 0 aliphatic rings. The van der Waals surface area contributed by atoms with Gasteiger partial charge in [0.1, 0.15) is 5.82 Å². The number of hydrogen-bond acceptors (Lipinski definition) is 2. The third-order valence-electron chi connectivity index (χ3n) is 3.86. The van der Waals surface area contributed by atoms with Crippen LogP contribution in [0.5, 0.6) is 0 Å². The van der Waals surface area contributed by atoms with Gasteiger partial charge in [0.05, 0.1) is 11.0 Å². The van der Waals surface area contributed by atoms with Gasteiger partial charge in [-0.05, 0) is 25.0 Å². The molecule has 0 fully saturated rings. The molecule has 5 heteroatoms. The van der Waals surface area contributed by atoms with Crippen molar-refractivity contribution in [3.63, 3.8) is 0 Å². The molecule has 0 saturated heterocycles. The van der Waals surface area contributed by atoms with Gasteiger partial charge in [0, 0.05) is 25.3 Å². The number of aryl methyl sites for hydroxylation is 2. The lowest BCUT2D eigenvalue weighted by Crippen LogP contribution is -2.02. The van der Waals surface area contributed by atoms with Crippen molar-refractivity contribution in [3.8, 4) is 0 Å². The van der Waals surface area contributed by atoms with Crippen LogP contribution in [0.4, 0.5) is 8.78 Å². The summed E-state index contributed by atoms with van der Waals surface area (Å²) >= 11 is 0. The number of aromatic nitrogens is 2. The van der Waals surface area contributed by atoms with Crippen molar-refractivity contribution in [1.82, 2.24) is 9.55 Å². The van der Waals surface area contributed by atoms with E-state index in [1.54, 1.807) is 4.57 Å². The number of benzene rings is 2. The molecule has 1 heterocycles. The smallest absolute Gasteiger partial charge is 0.161 e. The first-order chi connectivity index (χ1) is 11.6. The Kier molecular flexibility index (Phi) is 4.71. The molecule has 3 nitrogen and oxygen atoms in total. The summed E-state index contributed by atoms with van der Waals surface area (Å²) in [5.74, 6) is -1.21. The summed E-state index contributed by atoms with van der Waals surface area (Å²) in [5.41, 5.74) is 3.10. The molecule has 0 saturated carbocycles. The van der Waals surface area contributed by atoms with Crippen molar-refractivity contribution >= 4 is 23.2 Å². The van der Waals surface area contributed by atoms with Crippen molar-refractivity contribution < 1.29 is 13.9 Å². The summed E-state index contributed by atoms with van der Waals surface area (Å²) in [4.78, 5) is 4.39. The molecular weight excluding hydrogens is 310 g/mol. The van der Waals surface area contributed by atoms with Gasteiger partial charge in [0.2, 0.25) is 0 Å². The molecule has 2 aromatic carbocycles. The van der Waals surface area contributed by atoms with E-state index in [1.165, 1.54) is 5.56 Å². The second-order valence-electron chi connectivity index (χ2n) is 5.70. The SMILES string of the molecule is Cc1ccc(/C=C/c2nc3cc(F)c(F)cc3n2CCCO)cc1. The fourth-order valence-corrected chi connectivity index (χ4v) is 2.58. The minimum atomic E-state index is -0.914. The lowest BCUT2D eigenvalue weighted by atomic mass is 10.1. The maximum atomic E-state index is 13.6. The average Bonchev–Trinajstić information content (AvgIpc) is 2.89. The summed E-state index contributed by atoms with van der Waals surface area (Å²) in [6.07, 6.45) is 4.23. The van der Waals surface area contributed by atoms with Gasteiger partial charge in [0.15, 0.2) is 11.6 Å². The van der Waals surface area contributed by atoms with Gasteiger partial charge < -0.3 is 9.67 Å². The van der Waals surface area contributed by atoms with Crippen molar-refractivity contribution in [2.24, 2.45) is 0 Å². The lowest BCUT2D eigenvalue weighted by molar-refractivity contribution is 0.280. The number of aliphatic hydroxyl groups is 1. The van der Waals surface area contributed by atoms with E-state index in [0.717, 1.165) is 17.7 Å². The maximum Gasteiger partial charge on any atom is 0.161 e. The van der Waals surface area contributed by atoms with Crippen LogP contribution in [0.15, 0.2) is 36.4 Å². The van der Waals surface area contributed by atoms with Crippen LogP contribution in [0.1, 0.15) is 23.4 Å². The Hall–Kier alpha value is -2.53. The zero-order chi connectivity index (χ0) is 17.1. The first-order valence-electron chi connectivity index (χ1n) is 7.79. The molecule has 0 radical (unpaired) electrons. The fourth-order valence-electron chi connectivity index (χ4n) is 2.58. The highest BCUT2D eigenvalue weighted by Crippen LogP contribution is 2.22. The number of halogens is 2. The number of aliphatic hydroxyl groups excluding tert-OH is 1. The van der Waals surface area contributed by atoms with E-state index in [1.807, 2.05) is 43.3 Å². The molecule has 3 aromatic rings. The molecule has 0 atom stereocenters. The van der Waals surface area contributed by atoms with Crippen LogP contribution in [0.2, 0.25) is 0 Å². The number of fused-ring (bicyclic) bond motifs is 1. The summed E-state index contributed by atoms with van der Waals surface area (Å²) in [7, 11) is 0. The minimum absolute atomic E-state index is 0.0183. The number of rotatable bonds is 5. The van der Waals surface area contributed by atoms with Gasteiger partial charge >= 0.3 is 0 Å². The Balaban J connectivity index is 2.03. The fraction of sp³-hybridized carbons (Fsp3) is 0.211. The molecule has 24 heavy (non-hydrogen) atoms. The van der Waals surface area contributed by atoms with E-state index in [9.17, 15) is 8.78 Å². The van der Waals surface area contributed by atoms with Crippen LogP contribution in [-0.2, 0) is 6.54 Å². The van der Waals surface area contributed by atoms with Crippen molar-refractivity contribution in [3.05, 3.63) is 65.0 Å². The van der Waals surface area contributed by atoms with Crippen LogP contribution in [0.3, 0.4) is 0 Å². The zero-order valence-electron chi connectivity index (χ0n) is 13.3. The molecular formula is C19H18F2N2O. The molecule has 0 amide bonds. The molecule has 0 unspecified atom stereocenters. The standard InChI is InChI=1S/C19H18F2N2O/c1-13-3-5-14(6-4-13)7-8-19-22-17-11-15(20)16(21)12-18(17)23(19)9-2-10-24/h3-8,11-12,24H,2,9-10H2,1H3/b8-7+. The Labute approximate surface area is 138 Å². The summed E-state index contributed by atoms with van der Waals surface area (Å²) in [5, 5.41) is 9.07. The normalized spacial score (nSPS) is 11.7. The number of hydrogen-bond donors (Lipinski definition) is 1. The molecule has 1 N–H and O–H groups in total. The van der Waals surface area contributed by atoms with E-state index < -0.39 is 11.6 Å². The molecule has 124 valence electrons. The van der Waals surface area contributed by atoms with Crippen LogP contribution in [-0.4, -0.2) is 21.3 Å². The minimum Gasteiger partial charge on any atom is -0.396 e. The third-order valence-corrected chi connectivity index (χ3v) is 3.86. The predicted octanol–water partition coefficient (Wildman–Crippen LogP) is 4.18. The van der Waals surface area contributed by atoms with Gasteiger partial charge in [0.25, 0.3) is 0 Å². The average molecular weight is 328 g/mol.